The summed E-state index contributed by atoms with van der Waals surface area (Å²) < 4.78 is 11.0. The van der Waals surface area contributed by atoms with E-state index in [1.165, 1.54) is 0 Å². The Labute approximate surface area is 163 Å². The number of para-hydroxylation sites is 2. The second-order valence-corrected chi connectivity index (χ2v) is 6.72. The van der Waals surface area contributed by atoms with Crippen LogP contribution < -0.4 is 14.4 Å². The minimum atomic E-state index is -0.0456. The molecule has 1 heterocycles. The van der Waals surface area contributed by atoms with Crippen molar-refractivity contribution in [2.75, 3.05) is 44.8 Å². The van der Waals surface area contributed by atoms with Gasteiger partial charge in [-0.2, -0.15) is 0 Å². The van der Waals surface area contributed by atoms with Gasteiger partial charge >= 0.3 is 0 Å². The van der Waals surface area contributed by atoms with E-state index in [0.717, 1.165) is 24.5 Å². The third kappa shape index (κ3) is 4.34. The standard InChI is InChI=1S/C19H20Cl2N2O3/c1-25-18-5-3-2-4-17(18)22-8-10-23(11-9-22)19(24)13-26-14-6-7-15(20)16(21)12-14/h2-7,12H,8-11,13H2,1H3. The Morgan fingerprint density at radius 2 is 1.77 bits per heavy atom. The highest BCUT2D eigenvalue weighted by molar-refractivity contribution is 6.42. The van der Waals surface area contributed by atoms with E-state index in [-0.39, 0.29) is 12.5 Å². The van der Waals surface area contributed by atoms with Gasteiger partial charge in [-0.05, 0) is 24.3 Å². The monoisotopic (exact) mass is 394 g/mol. The van der Waals surface area contributed by atoms with Crippen molar-refractivity contribution in [2.45, 2.75) is 0 Å². The maximum absolute atomic E-state index is 12.4. The molecule has 2 aromatic rings. The molecule has 1 fully saturated rings. The number of rotatable bonds is 5. The van der Waals surface area contributed by atoms with Crippen LogP contribution in [0.3, 0.4) is 0 Å². The summed E-state index contributed by atoms with van der Waals surface area (Å²) >= 11 is 11.8. The van der Waals surface area contributed by atoms with Crippen molar-refractivity contribution in [3.05, 3.63) is 52.5 Å². The Balaban J connectivity index is 1.52. The number of nitrogens with zero attached hydrogens (tertiary/aromatic N) is 2. The van der Waals surface area contributed by atoms with Gasteiger partial charge in [0.25, 0.3) is 5.91 Å². The summed E-state index contributed by atoms with van der Waals surface area (Å²) in [6.07, 6.45) is 0. The molecule has 2 aromatic carbocycles. The normalized spacial score (nSPS) is 14.3. The number of hydrogen-bond acceptors (Lipinski definition) is 4. The quantitative estimate of drug-likeness (QED) is 0.774. The lowest BCUT2D eigenvalue weighted by Crippen LogP contribution is -2.50. The molecule has 0 radical (unpaired) electrons. The molecule has 0 N–H and O–H groups in total. The molecule has 1 aliphatic heterocycles. The molecule has 138 valence electrons. The predicted molar refractivity (Wildman–Crippen MR) is 104 cm³/mol. The molecule has 0 unspecified atom stereocenters. The second kappa shape index (κ2) is 8.52. The van der Waals surface area contributed by atoms with Crippen LogP contribution in [-0.2, 0) is 4.79 Å². The molecule has 0 spiro atoms. The first-order valence-corrected chi connectivity index (χ1v) is 9.07. The summed E-state index contributed by atoms with van der Waals surface area (Å²) in [5.74, 6) is 1.33. The number of carbonyl (C=O) groups is 1. The zero-order chi connectivity index (χ0) is 18.5. The van der Waals surface area contributed by atoms with Crippen LogP contribution in [0.4, 0.5) is 5.69 Å². The van der Waals surface area contributed by atoms with Crippen LogP contribution in [0.25, 0.3) is 0 Å². The van der Waals surface area contributed by atoms with Crippen LogP contribution in [0.2, 0.25) is 10.0 Å². The number of amides is 1. The van der Waals surface area contributed by atoms with Crippen LogP contribution in [0.5, 0.6) is 11.5 Å². The lowest BCUT2D eigenvalue weighted by atomic mass is 10.2. The fourth-order valence-electron chi connectivity index (χ4n) is 2.89. The topological polar surface area (TPSA) is 42.0 Å². The van der Waals surface area contributed by atoms with Gasteiger partial charge in [-0.15, -0.1) is 0 Å². The van der Waals surface area contributed by atoms with Gasteiger partial charge in [-0.25, -0.2) is 0 Å². The van der Waals surface area contributed by atoms with Gasteiger partial charge in [0, 0.05) is 32.2 Å². The van der Waals surface area contributed by atoms with Gasteiger partial charge in [-0.1, -0.05) is 35.3 Å². The van der Waals surface area contributed by atoms with E-state index in [1.54, 1.807) is 25.3 Å². The van der Waals surface area contributed by atoms with Crippen LogP contribution in [0, 0.1) is 0 Å². The van der Waals surface area contributed by atoms with E-state index in [9.17, 15) is 4.79 Å². The zero-order valence-electron chi connectivity index (χ0n) is 14.5. The molecule has 0 bridgehead atoms. The summed E-state index contributed by atoms with van der Waals surface area (Å²) in [6.45, 7) is 2.76. The van der Waals surface area contributed by atoms with Gasteiger partial charge in [0.1, 0.15) is 11.5 Å². The lowest BCUT2D eigenvalue weighted by molar-refractivity contribution is -0.133. The highest BCUT2D eigenvalue weighted by Gasteiger charge is 2.23. The third-order valence-electron chi connectivity index (χ3n) is 4.31. The fourth-order valence-corrected chi connectivity index (χ4v) is 3.18. The van der Waals surface area contributed by atoms with E-state index < -0.39 is 0 Å². The number of halogens is 2. The molecule has 26 heavy (non-hydrogen) atoms. The first-order chi connectivity index (χ1) is 12.6. The van der Waals surface area contributed by atoms with Gasteiger partial charge in [0.05, 0.1) is 22.8 Å². The summed E-state index contributed by atoms with van der Waals surface area (Å²) in [7, 11) is 1.67. The van der Waals surface area contributed by atoms with E-state index in [0.29, 0.717) is 28.9 Å². The van der Waals surface area contributed by atoms with Crippen molar-refractivity contribution in [1.82, 2.24) is 4.90 Å². The predicted octanol–water partition coefficient (Wildman–Crippen LogP) is 3.73. The van der Waals surface area contributed by atoms with Crippen molar-refractivity contribution in [1.29, 1.82) is 0 Å². The number of benzene rings is 2. The SMILES string of the molecule is COc1ccccc1N1CCN(C(=O)COc2ccc(Cl)c(Cl)c2)CC1. The lowest BCUT2D eigenvalue weighted by Gasteiger charge is -2.36. The minimum Gasteiger partial charge on any atom is -0.495 e. The molecular formula is C19H20Cl2N2O3. The Kier molecular flexibility index (Phi) is 6.12. The molecule has 0 aliphatic carbocycles. The molecule has 5 nitrogen and oxygen atoms in total. The van der Waals surface area contributed by atoms with Crippen LogP contribution >= 0.6 is 23.2 Å². The maximum atomic E-state index is 12.4. The average molecular weight is 395 g/mol. The molecular weight excluding hydrogens is 375 g/mol. The third-order valence-corrected chi connectivity index (χ3v) is 5.05. The largest absolute Gasteiger partial charge is 0.495 e. The first kappa shape index (κ1) is 18.7. The number of hydrogen-bond donors (Lipinski definition) is 0. The number of ether oxygens (including phenoxy) is 2. The maximum Gasteiger partial charge on any atom is 0.260 e. The average Bonchev–Trinajstić information content (AvgIpc) is 2.68. The van der Waals surface area contributed by atoms with Crippen molar-refractivity contribution in [2.24, 2.45) is 0 Å². The Bertz CT molecular complexity index is 777. The smallest absolute Gasteiger partial charge is 0.260 e. The summed E-state index contributed by atoms with van der Waals surface area (Å²) in [5.41, 5.74) is 1.05. The fraction of sp³-hybridized carbons (Fsp3) is 0.316. The van der Waals surface area contributed by atoms with Crippen LogP contribution in [0.1, 0.15) is 0 Å². The Morgan fingerprint density at radius 3 is 2.46 bits per heavy atom. The molecule has 1 amide bonds. The molecule has 0 saturated carbocycles. The highest BCUT2D eigenvalue weighted by Crippen LogP contribution is 2.28. The van der Waals surface area contributed by atoms with E-state index in [2.05, 4.69) is 4.90 Å². The minimum absolute atomic E-state index is 0.0212. The van der Waals surface area contributed by atoms with Crippen molar-refractivity contribution < 1.29 is 14.3 Å². The summed E-state index contributed by atoms with van der Waals surface area (Å²) in [6, 6.07) is 12.9. The molecule has 0 atom stereocenters. The number of methoxy groups -OCH3 is 1. The van der Waals surface area contributed by atoms with Gasteiger partial charge in [-0.3, -0.25) is 4.79 Å². The highest BCUT2D eigenvalue weighted by atomic mass is 35.5. The van der Waals surface area contributed by atoms with Gasteiger partial charge in [0.2, 0.25) is 0 Å². The molecule has 1 aliphatic rings. The van der Waals surface area contributed by atoms with E-state index in [1.807, 2.05) is 29.2 Å². The first-order valence-electron chi connectivity index (χ1n) is 8.32. The van der Waals surface area contributed by atoms with E-state index >= 15 is 0 Å². The van der Waals surface area contributed by atoms with Crippen LogP contribution in [0.15, 0.2) is 42.5 Å². The van der Waals surface area contributed by atoms with Crippen molar-refractivity contribution in [3.63, 3.8) is 0 Å². The second-order valence-electron chi connectivity index (χ2n) is 5.90. The summed E-state index contributed by atoms with van der Waals surface area (Å²) in [4.78, 5) is 16.4. The zero-order valence-corrected chi connectivity index (χ0v) is 16.0. The van der Waals surface area contributed by atoms with Gasteiger partial charge in [0.15, 0.2) is 6.61 Å². The number of carbonyl (C=O) groups excluding carboxylic acids is 1. The molecule has 0 aromatic heterocycles. The van der Waals surface area contributed by atoms with Gasteiger partial charge < -0.3 is 19.3 Å². The molecule has 7 heteroatoms. The summed E-state index contributed by atoms with van der Waals surface area (Å²) in [5, 5.41) is 0.861. The molecule has 3 rings (SSSR count). The Morgan fingerprint density at radius 1 is 1.04 bits per heavy atom. The van der Waals surface area contributed by atoms with Crippen molar-refractivity contribution in [3.8, 4) is 11.5 Å². The van der Waals surface area contributed by atoms with E-state index in [4.69, 9.17) is 32.7 Å². The number of anilines is 1. The Hall–Kier alpha value is -2.11. The van der Waals surface area contributed by atoms with Crippen molar-refractivity contribution >= 4 is 34.8 Å². The molecule has 1 saturated heterocycles. The van der Waals surface area contributed by atoms with Crippen LogP contribution in [-0.4, -0.2) is 50.7 Å². The number of piperazine rings is 1.